The summed E-state index contributed by atoms with van der Waals surface area (Å²) in [4.78, 5) is 28.7. The molecule has 4 rings (SSSR count). The van der Waals surface area contributed by atoms with Crippen LogP contribution in [0, 0.1) is 12.8 Å². The second-order valence-corrected chi connectivity index (χ2v) is 8.29. The van der Waals surface area contributed by atoms with Gasteiger partial charge in [0, 0.05) is 19.2 Å². The highest BCUT2D eigenvalue weighted by atomic mass is 16.4. The lowest BCUT2D eigenvalue weighted by Gasteiger charge is -2.40. The Labute approximate surface area is 170 Å². The van der Waals surface area contributed by atoms with Crippen LogP contribution in [0.1, 0.15) is 57.9 Å². The topological polar surface area (TPSA) is 78.7 Å². The van der Waals surface area contributed by atoms with Crippen molar-refractivity contribution in [2.45, 2.75) is 39.3 Å². The molecule has 154 valence electrons. The first-order valence-corrected chi connectivity index (χ1v) is 10.3. The fourth-order valence-corrected chi connectivity index (χ4v) is 4.44. The molecular formula is C22H28N4O3. The maximum absolute atomic E-state index is 13.1. The van der Waals surface area contributed by atoms with Crippen molar-refractivity contribution in [3.63, 3.8) is 0 Å². The number of hydrogen-bond acceptors (Lipinski definition) is 4. The number of rotatable bonds is 5. The second-order valence-electron chi connectivity index (χ2n) is 8.29. The molecule has 1 fully saturated rings. The molecule has 0 aliphatic carbocycles. The molecular weight excluding hydrogens is 368 g/mol. The van der Waals surface area contributed by atoms with Crippen molar-refractivity contribution in [2.24, 2.45) is 5.92 Å². The van der Waals surface area contributed by atoms with Gasteiger partial charge >= 0.3 is 5.97 Å². The Kier molecular flexibility index (Phi) is 5.41. The molecule has 1 aromatic carbocycles. The molecule has 1 aromatic heterocycles. The molecule has 1 amide bonds. The molecule has 1 atom stereocenters. The van der Waals surface area contributed by atoms with Crippen LogP contribution in [-0.4, -0.2) is 62.7 Å². The van der Waals surface area contributed by atoms with Crippen LogP contribution in [0.3, 0.4) is 0 Å². The van der Waals surface area contributed by atoms with Crippen LogP contribution in [0.5, 0.6) is 0 Å². The molecule has 0 spiro atoms. The lowest BCUT2D eigenvalue weighted by atomic mass is 9.93. The number of amides is 1. The van der Waals surface area contributed by atoms with E-state index in [-0.39, 0.29) is 17.6 Å². The van der Waals surface area contributed by atoms with Gasteiger partial charge in [0.25, 0.3) is 5.91 Å². The van der Waals surface area contributed by atoms with Crippen molar-refractivity contribution in [3.05, 3.63) is 52.8 Å². The third-order valence-corrected chi connectivity index (χ3v) is 6.29. The zero-order valence-electron chi connectivity index (χ0n) is 17.0. The highest BCUT2D eigenvalue weighted by molar-refractivity contribution is 5.96. The van der Waals surface area contributed by atoms with Crippen molar-refractivity contribution in [1.29, 1.82) is 0 Å². The lowest BCUT2D eigenvalue weighted by molar-refractivity contribution is 0.0567. The monoisotopic (exact) mass is 396 g/mol. The van der Waals surface area contributed by atoms with E-state index in [0.717, 1.165) is 19.0 Å². The summed E-state index contributed by atoms with van der Waals surface area (Å²) in [7, 11) is 0. The van der Waals surface area contributed by atoms with Crippen LogP contribution in [0.4, 0.5) is 0 Å². The zero-order valence-corrected chi connectivity index (χ0v) is 17.0. The molecule has 7 heteroatoms. The van der Waals surface area contributed by atoms with Crippen LogP contribution in [-0.2, 0) is 6.54 Å². The molecule has 7 nitrogen and oxygen atoms in total. The number of aromatic carboxylic acids is 1. The maximum Gasteiger partial charge on any atom is 0.356 e. The summed E-state index contributed by atoms with van der Waals surface area (Å²) in [6.45, 7) is 8.15. The van der Waals surface area contributed by atoms with Gasteiger partial charge in [-0.05, 0) is 49.9 Å². The summed E-state index contributed by atoms with van der Waals surface area (Å²) >= 11 is 0. The standard InChI is InChI=1S/C22H28N4O3/c1-15-7-9-24(10-8-15)20(17-6-4-3-5-16(17)2)14-25-11-12-26-19(21(25)27)13-18(23-26)22(28)29/h3-6,13,15,20H,7-12,14H2,1-2H3,(H,28,29). The highest BCUT2D eigenvalue weighted by Crippen LogP contribution is 2.30. The number of carboxylic acid groups (broad SMARTS) is 1. The molecule has 2 aromatic rings. The van der Waals surface area contributed by atoms with E-state index in [9.17, 15) is 14.7 Å². The predicted octanol–water partition coefficient (Wildman–Crippen LogP) is 2.82. The predicted molar refractivity (Wildman–Crippen MR) is 109 cm³/mol. The number of carbonyl (C=O) groups excluding carboxylic acids is 1. The minimum atomic E-state index is -1.11. The third-order valence-electron chi connectivity index (χ3n) is 6.29. The van der Waals surface area contributed by atoms with Crippen molar-refractivity contribution in [1.82, 2.24) is 19.6 Å². The quantitative estimate of drug-likeness (QED) is 0.841. The second kappa shape index (κ2) is 7.99. The molecule has 3 heterocycles. The Morgan fingerprint density at radius 1 is 1.21 bits per heavy atom. The number of carbonyl (C=O) groups is 2. The average Bonchev–Trinajstić information content (AvgIpc) is 3.15. The van der Waals surface area contributed by atoms with Gasteiger partial charge in [0.15, 0.2) is 5.69 Å². The summed E-state index contributed by atoms with van der Waals surface area (Å²) in [5, 5.41) is 13.2. The van der Waals surface area contributed by atoms with Gasteiger partial charge in [0.05, 0.1) is 12.6 Å². The van der Waals surface area contributed by atoms with Crippen molar-refractivity contribution in [2.75, 3.05) is 26.2 Å². The molecule has 1 unspecified atom stereocenters. The summed E-state index contributed by atoms with van der Waals surface area (Å²) in [5.41, 5.74) is 2.79. The number of benzene rings is 1. The number of carboxylic acids is 1. The summed E-state index contributed by atoms with van der Waals surface area (Å²) < 4.78 is 1.52. The first kappa shape index (κ1) is 19.6. The van der Waals surface area contributed by atoms with Crippen LogP contribution >= 0.6 is 0 Å². The van der Waals surface area contributed by atoms with Gasteiger partial charge in [-0.1, -0.05) is 31.2 Å². The van der Waals surface area contributed by atoms with Crippen LogP contribution < -0.4 is 0 Å². The van der Waals surface area contributed by atoms with Crippen molar-refractivity contribution in [3.8, 4) is 0 Å². The summed E-state index contributed by atoms with van der Waals surface area (Å²) in [6, 6.07) is 9.93. The molecule has 0 radical (unpaired) electrons. The van der Waals surface area contributed by atoms with Gasteiger partial charge < -0.3 is 10.0 Å². The largest absolute Gasteiger partial charge is 0.476 e. The smallest absolute Gasteiger partial charge is 0.356 e. The zero-order chi connectivity index (χ0) is 20.5. The molecule has 0 saturated carbocycles. The Morgan fingerprint density at radius 2 is 1.93 bits per heavy atom. The average molecular weight is 396 g/mol. The number of nitrogens with zero attached hydrogens (tertiary/aromatic N) is 4. The lowest BCUT2D eigenvalue weighted by Crippen LogP contribution is -2.47. The number of hydrogen-bond donors (Lipinski definition) is 1. The first-order valence-electron chi connectivity index (χ1n) is 10.3. The molecule has 1 N–H and O–H groups in total. The van der Waals surface area contributed by atoms with Gasteiger partial charge in [-0.3, -0.25) is 14.4 Å². The number of fused-ring (bicyclic) bond motifs is 1. The van der Waals surface area contributed by atoms with Gasteiger partial charge in [0.1, 0.15) is 5.69 Å². The Hall–Kier alpha value is -2.67. The van der Waals surface area contributed by atoms with E-state index in [4.69, 9.17) is 0 Å². The number of likely N-dealkylation sites (tertiary alicyclic amines) is 1. The SMILES string of the molecule is Cc1ccccc1C(CN1CCn2nc(C(=O)O)cc2C1=O)N1CCC(C)CC1. The van der Waals surface area contributed by atoms with Crippen molar-refractivity contribution >= 4 is 11.9 Å². The fraction of sp³-hybridized carbons (Fsp3) is 0.500. The van der Waals surface area contributed by atoms with E-state index < -0.39 is 5.97 Å². The number of aryl methyl sites for hydroxylation is 1. The van der Waals surface area contributed by atoms with Gasteiger partial charge in [-0.2, -0.15) is 5.10 Å². The first-order chi connectivity index (χ1) is 13.9. The minimum absolute atomic E-state index is 0.0735. The van der Waals surface area contributed by atoms with E-state index in [2.05, 4.69) is 42.0 Å². The van der Waals surface area contributed by atoms with Crippen LogP contribution in [0.15, 0.2) is 30.3 Å². The number of aromatic nitrogens is 2. The Morgan fingerprint density at radius 3 is 2.62 bits per heavy atom. The van der Waals surface area contributed by atoms with E-state index >= 15 is 0 Å². The third kappa shape index (κ3) is 3.92. The summed E-state index contributed by atoms with van der Waals surface area (Å²) in [6.07, 6.45) is 2.34. The molecule has 2 aliphatic rings. The molecule has 1 saturated heterocycles. The van der Waals surface area contributed by atoms with E-state index in [1.807, 2.05) is 11.0 Å². The van der Waals surface area contributed by atoms with Gasteiger partial charge in [-0.25, -0.2) is 4.79 Å². The Bertz CT molecular complexity index is 915. The molecule has 29 heavy (non-hydrogen) atoms. The van der Waals surface area contributed by atoms with E-state index in [1.165, 1.54) is 34.7 Å². The van der Waals surface area contributed by atoms with Crippen LogP contribution in [0.25, 0.3) is 0 Å². The minimum Gasteiger partial charge on any atom is -0.476 e. The normalized spacial score (nSPS) is 19.2. The van der Waals surface area contributed by atoms with Gasteiger partial charge in [0.2, 0.25) is 0 Å². The maximum atomic E-state index is 13.1. The van der Waals surface area contributed by atoms with Crippen molar-refractivity contribution < 1.29 is 14.7 Å². The van der Waals surface area contributed by atoms with Crippen LogP contribution in [0.2, 0.25) is 0 Å². The Balaban J connectivity index is 1.60. The fourth-order valence-electron chi connectivity index (χ4n) is 4.44. The van der Waals surface area contributed by atoms with E-state index in [0.29, 0.717) is 25.3 Å². The number of piperidine rings is 1. The van der Waals surface area contributed by atoms with E-state index in [1.54, 1.807) is 0 Å². The molecule has 2 aliphatic heterocycles. The van der Waals surface area contributed by atoms with Gasteiger partial charge in [-0.15, -0.1) is 0 Å². The highest BCUT2D eigenvalue weighted by Gasteiger charge is 2.33. The molecule has 0 bridgehead atoms. The summed E-state index contributed by atoms with van der Waals surface area (Å²) in [5.74, 6) is -0.504.